The van der Waals surface area contributed by atoms with E-state index in [9.17, 15) is 0 Å². The predicted octanol–water partition coefficient (Wildman–Crippen LogP) is 3.10. The molecule has 82 valence electrons. The van der Waals surface area contributed by atoms with Crippen molar-refractivity contribution >= 4 is 17.4 Å². The highest BCUT2D eigenvalue weighted by molar-refractivity contribution is 6.33. The van der Waals surface area contributed by atoms with Gasteiger partial charge in [0.05, 0.1) is 18.3 Å². The number of pyridine rings is 1. The van der Waals surface area contributed by atoms with Gasteiger partial charge in [-0.15, -0.1) is 0 Å². The van der Waals surface area contributed by atoms with E-state index < -0.39 is 0 Å². The van der Waals surface area contributed by atoms with Gasteiger partial charge in [-0.1, -0.05) is 24.4 Å². The predicted molar refractivity (Wildman–Crippen MR) is 61.7 cm³/mol. The largest absolute Gasteiger partial charge is 0.495 e. The molecule has 15 heavy (non-hydrogen) atoms. The fourth-order valence-corrected chi connectivity index (χ4v) is 2.11. The van der Waals surface area contributed by atoms with Crippen LogP contribution in [-0.2, 0) is 0 Å². The molecule has 4 heteroatoms. The van der Waals surface area contributed by atoms with Gasteiger partial charge in [0.1, 0.15) is 11.6 Å². The van der Waals surface area contributed by atoms with Crippen molar-refractivity contribution in [3.05, 3.63) is 17.3 Å². The lowest BCUT2D eigenvalue weighted by Gasteiger charge is -2.13. The molecule has 3 nitrogen and oxygen atoms in total. The molecule has 0 aliphatic heterocycles. The number of hydrogen-bond donors (Lipinski definition) is 1. The van der Waals surface area contributed by atoms with Crippen LogP contribution in [0.4, 0.5) is 5.82 Å². The first-order valence-corrected chi connectivity index (χ1v) is 5.63. The monoisotopic (exact) mass is 226 g/mol. The number of ether oxygens (including phenoxy) is 1. The smallest absolute Gasteiger partial charge is 0.145 e. The quantitative estimate of drug-likeness (QED) is 0.860. The lowest BCUT2D eigenvalue weighted by atomic mass is 10.2. The van der Waals surface area contributed by atoms with Crippen LogP contribution in [0.1, 0.15) is 25.7 Å². The Balaban J connectivity index is 2.07. The lowest BCUT2D eigenvalue weighted by Crippen LogP contribution is -2.15. The molecule has 0 radical (unpaired) electrons. The summed E-state index contributed by atoms with van der Waals surface area (Å²) in [5.41, 5.74) is 0. The van der Waals surface area contributed by atoms with E-state index in [0.717, 1.165) is 5.82 Å². The number of nitrogens with zero attached hydrogens (tertiary/aromatic N) is 1. The fourth-order valence-electron chi connectivity index (χ4n) is 1.90. The molecule has 0 spiro atoms. The molecule has 0 amide bonds. The Morgan fingerprint density at radius 1 is 1.47 bits per heavy atom. The zero-order chi connectivity index (χ0) is 10.7. The number of aromatic nitrogens is 1. The zero-order valence-corrected chi connectivity index (χ0v) is 9.55. The summed E-state index contributed by atoms with van der Waals surface area (Å²) in [4.78, 5) is 4.24. The highest BCUT2D eigenvalue weighted by atomic mass is 35.5. The minimum Gasteiger partial charge on any atom is -0.495 e. The number of methoxy groups -OCH3 is 1. The van der Waals surface area contributed by atoms with Gasteiger partial charge in [-0.2, -0.15) is 0 Å². The van der Waals surface area contributed by atoms with Crippen molar-refractivity contribution in [2.75, 3.05) is 12.4 Å². The molecule has 0 saturated heterocycles. The van der Waals surface area contributed by atoms with Crippen molar-refractivity contribution in [2.45, 2.75) is 31.7 Å². The Morgan fingerprint density at radius 2 is 2.20 bits per heavy atom. The first-order valence-electron chi connectivity index (χ1n) is 5.25. The van der Waals surface area contributed by atoms with Crippen LogP contribution >= 0.6 is 11.6 Å². The number of nitrogens with one attached hydrogen (secondary N) is 1. The van der Waals surface area contributed by atoms with Gasteiger partial charge in [-0.3, -0.25) is 0 Å². The van der Waals surface area contributed by atoms with Crippen molar-refractivity contribution in [1.82, 2.24) is 4.98 Å². The van der Waals surface area contributed by atoms with Gasteiger partial charge in [0.15, 0.2) is 0 Å². The first-order chi connectivity index (χ1) is 7.29. The molecule has 1 N–H and O–H groups in total. The van der Waals surface area contributed by atoms with Crippen LogP contribution < -0.4 is 10.1 Å². The first kappa shape index (κ1) is 10.6. The fraction of sp³-hybridized carbons (Fsp3) is 0.545. The van der Waals surface area contributed by atoms with E-state index in [1.54, 1.807) is 19.4 Å². The van der Waals surface area contributed by atoms with Crippen LogP contribution in [0.3, 0.4) is 0 Å². The van der Waals surface area contributed by atoms with Crippen LogP contribution in [0.15, 0.2) is 12.3 Å². The van der Waals surface area contributed by atoms with Crippen molar-refractivity contribution in [3.63, 3.8) is 0 Å². The SMILES string of the molecule is COc1cnc(NC2CCCC2)c(Cl)c1. The minimum absolute atomic E-state index is 0.531. The summed E-state index contributed by atoms with van der Waals surface area (Å²) in [6, 6.07) is 2.31. The van der Waals surface area contributed by atoms with E-state index in [0.29, 0.717) is 16.8 Å². The summed E-state index contributed by atoms with van der Waals surface area (Å²) in [5, 5.41) is 3.99. The molecule has 1 saturated carbocycles. The Bertz CT molecular complexity index is 337. The number of hydrogen-bond acceptors (Lipinski definition) is 3. The average molecular weight is 227 g/mol. The maximum atomic E-state index is 6.08. The molecule has 1 heterocycles. The Kier molecular flexibility index (Phi) is 3.31. The second-order valence-corrected chi connectivity index (χ2v) is 4.24. The molecular weight excluding hydrogens is 212 g/mol. The van der Waals surface area contributed by atoms with Crippen LogP contribution in [-0.4, -0.2) is 18.1 Å². The molecule has 0 bridgehead atoms. The summed E-state index contributed by atoms with van der Waals surface area (Å²) in [7, 11) is 1.61. The molecule has 1 aliphatic rings. The van der Waals surface area contributed by atoms with Gasteiger partial charge >= 0.3 is 0 Å². The van der Waals surface area contributed by atoms with E-state index in [2.05, 4.69) is 10.3 Å². The highest BCUT2D eigenvalue weighted by Crippen LogP contribution is 2.27. The normalized spacial score (nSPS) is 16.7. The van der Waals surface area contributed by atoms with E-state index in [1.807, 2.05) is 0 Å². The summed E-state index contributed by atoms with van der Waals surface area (Å²) >= 11 is 6.08. The van der Waals surface area contributed by atoms with E-state index in [1.165, 1.54) is 25.7 Å². The Morgan fingerprint density at radius 3 is 2.80 bits per heavy atom. The lowest BCUT2D eigenvalue weighted by molar-refractivity contribution is 0.413. The van der Waals surface area contributed by atoms with Crippen LogP contribution in [0.25, 0.3) is 0 Å². The van der Waals surface area contributed by atoms with E-state index >= 15 is 0 Å². The van der Waals surface area contributed by atoms with Crippen LogP contribution in [0.2, 0.25) is 5.02 Å². The number of rotatable bonds is 3. The molecule has 0 unspecified atom stereocenters. The van der Waals surface area contributed by atoms with Crippen LogP contribution in [0, 0.1) is 0 Å². The van der Waals surface area contributed by atoms with Gasteiger partial charge in [-0.25, -0.2) is 4.98 Å². The Hall–Kier alpha value is -0.960. The molecular formula is C11H15ClN2O. The van der Waals surface area contributed by atoms with Gasteiger partial charge in [0.25, 0.3) is 0 Å². The second kappa shape index (κ2) is 4.71. The molecule has 1 aromatic rings. The van der Waals surface area contributed by atoms with Gasteiger partial charge in [-0.05, 0) is 12.8 Å². The molecule has 1 aliphatic carbocycles. The number of anilines is 1. The van der Waals surface area contributed by atoms with E-state index in [-0.39, 0.29) is 0 Å². The molecule has 1 aromatic heterocycles. The van der Waals surface area contributed by atoms with Gasteiger partial charge in [0.2, 0.25) is 0 Å². The number of halogens is 1. The molecule has 2 rings (SSSR count). The van der Waals surface area contributed by atoms with E-state index in [4.69, 9.17) is 16.3 Å². The average Bonchev–Trinajstić information content (AvgIpc) is 2.74. The van der Waals surface area contributed by atoms with Gasteiger partial charge in [0, 0.05) is 12.1 Å². The summed E-state index contributed by atoms with van der Waals surface area (Å²) in [5.74, 6) is 1.46. The van der Waals surface area contributed by atoms with Crippen molar-refractivity contribution in [1.29, 1.82) is 0 Å². The summed E-state index contributed by atoms with van der Waals surface area (Å²) in [6.45, 7) is 0. The molecule has 1 fully saturated rings. The second-order valence-electron chi connectivity index (χ2n) is 3.83. The zero-order valence-electron chi connectivity index (χ0n) is 8.79. The third-order valence-electron chi connectivity index (χ3n) is 2.75. The highest BCUT2D eigenvalue weighted by Gasteiger charge is 2.16. The molecule has 0 atom stereocenters. The third-order valence-corrected chi connectivity index (χ3v) is 3.04. The topological polar surface area (TPSA) is 34.1 Å². The van der Waals surface area contributed by atoms with Crippen molar-refractivity contribution in [2.24, 2.45) is 0 Å². The summed E-state index contributed by atoms with van der Waals surface area (Å²) in [6.07, 6.45) is 6.70. The maximum absolute atomic E-state index is 6.08. The third kappa shape index (κ3) is 2.53. The standard InChI is InChI=1S/C11H15ClN2O/c1-15-9-6-10(12)11(13-7-9)14-8-4-2-3-5-8/h6-8H,2-5H2,1H3,(H,13,14). The minimum atomic E-state index is 0.531. The molecule has 0 aromatic carbocycles. The maximum Gasteiger partial charge on any atom is 0.145 e. The Labute approximate surface area is 94.8 Å². The van der Waals surface area contributed by atoms with Gasteiger partial charge < -0.3 is 10.1 Å². The van der Waals surface area contributed by atoms with Crippen LogP contribution in [0.5, 0.6) is 5.75 Å². The summed E-state index contributed by atoms with van der Waals surface area (Å²) < 4.78 is 5.05. The van der Waals surface area contributed by atoms with Crippen molar-refractivity contribution < 1.29 is 4.74 Å². The van der Waals surface area contributed by atoms with Crippen molar-refractivity contribution in [3.8, 4) is 5.75 Å².